The minimum atomic E-state index is -0.549. The number of hydrogen-bond acceptors (Lipinski definition) is 2. The fraction of sp³-hybridized carbons (Fsp3) is 0.750. The van der Waals surface area contributed by atoms with Gasteiger partial charge in [-0.1, -0.05) is 45.1 Å². The highest BCUT2D eigenvalue weighted by Gasteiger charge is 2.08. The second-order valence-corrected chi connectivity index (χ2v) is 3.57. The van der Waals surface area contributed by atoms with Crippen LogP contribution in [-0.2, 0) is 0 Å². The molecular formula is C12H21NO. The highest BCUT2D eigenvalue weighted by Crippen LogP contribution is 2.11. The maximum atomic E-state index is 9.57. The van der Waals surface area contributed by atoms with Gasteiger partial charge in [-0.3, -0.25) is 0 Å². The molecule has 2 nitrogen and oxygen atoms in total. The summed E-state index contributed by atoms with van der Waals surface area (Å²) in [6.45, 7) is 3.97. The summed E-state index contributed by atoms with van der Waals surface area (Å²) in [5.74, 6) is 0. The molecule has 0 aromatic rings. The Labute approximate surface area is 87.3 Å². The van der Waals surface area contributed by atoms with Crippen molar-refractivity contribution in [3.05, 3.63) is 11.6 Å². The van der Waals surface area contributed by atoms with E-state index in [1.165, 1.54) is 19.3 Å². The highest BCUT2D eigenvalue weighted by molar-refractivity contribution is 5.23. The molecule has 1 atom stereocenters. The van der Waals surface area contributed by atoms with Crippen molar-refractivity contribution in [1.29, 1.82) is 5.26 Å². The molecule has 0 heterocycles. The molecule has 0 spiro atoms. The summed E-state index contributed by atoms with van der Waals surface area (Å²) in [6, 6.07) is 2.01. The number of unbranched alkanes of at least 4 members (excludes halogenated alkanes) is 4. The summed E-state index contributed by atoms with van der Waals surface area (Å²) in [5, 5.41) is 18.2. The number of rotatable bonds is 7. The van der Waals surface area contributed by atoms with E-state index in [2.05, 4.69) is 6.92 Å². The molecule has 0 aliphatic carbocycles. The van der Waals surface area contributed by atoms with Gasteiger partial charge in [0.2, 0.25) is 0 Å². The van der Waals surface area contributed by atoms with E-state index in [4.69, 9.17) is 5.26 Å². The number of allylic oxidation sites excluding steroid dienone is 1. The largest absolute Gasteiger partial charge is 0.388 e. The number of aliphatic hydroxyl groups excluding tert-OH is 1. The summed E-state index contributed by atoms with van der Waals surface area (Å²) >= 11 is 0. The monoisotopic (exact) mass is 195 g/mol. The van der Waals surface area contributed by atoms with E-state index < -0.39 is 6.10 Å². The molecule has 0 saturated carbocycles. The van der Waals surface area contributed by atoms with E-state index in [0.717, 1.165) is 19.3 Å². The second-order valence-electron chi connectivity index (χ2n) is 3.57. The van der Waals surface area contributed by atoms with Gasteiger partial charge in [-0.25, -0.2) is 0 Å². The Kier molecular flexibility index (Phi) is 8.27. The zero-order valence-corrected chi connectivity index (χ0v) is 9.29. The second kappa shape index (κ2) is 8.77. The van der Waals surface area contributed by atoms with E-state index in [1.807, 2.05) is 6.07 Å². The normalized spacial score (nSPS) is 13.7. The van der Waals surface area contributed by atoms with Crippen LogP contribution in [0.4, 0.5) is 0 Å². The lowest BCUT2D eigenvalue weighted by molar-refractivity contribution is 0.200. The molecule has 14 heavy (non-hydrogen) atoms. The predicted octanol–water partition coefficient (Wildman–Crippen LogP) is 3.18. The molecule has 1 unspecified atom stereocenters. The van der Waals surface area contributed by atoms with Crippen molar-refractivity contribution in [2.24, 2.45) is 0 Å². The molecule has 0 saturated heterocycles. The van der Waals surface area contributed by atoms with Crippen LogP contribution in [0.3, 0.4) is 0 Å². The van der Waals surface area contributed by atoms with Crippen LogP contribution in [0, 0.1) is 11.3 Å². The average molecular weight is 195 g/mol. The van der Waals surface area contributed by atoms with Gasteiger partial charge in [0.1, 0.15) is 0 Å². The summed E-state index contributed by atoms with van der Waals surface area (Å²) in [5.41, 5.74) is 0.500. The Morgan fingerprint density at radius 1 is 1.36 bits per heavy atom. The molecule has 0 aromatic carbocycles. The lowest BCUT2D eigenvalue weighted by Gasteiger charge is -2.08. The lowest BCUT2D eigenvalue weighted by atomic mass is 10.0. The number of aliphatic hydroxyl groups is 1. The van der Waals surface area contributed by atoms with Crippen LogP contribution in [0.25, 0.3) is 0 Å². The van der Waals surface area contributed by atoms with Gasteiger partial charge < -0.3 is 5.11 Å². The van der Waals surface area contributed by atoms with E-state index in [1.54, 1.807) is 13.0 Å². The lowest BCUT2D eigenvalue weighted by Crippen LogP contribution is -2.08. The fourth-order valence-corrected chi connectivity index (χ4v) is 1.43. The highest BCUT2D eigenvalue weighted by atomic mass is 16.3. The molecular weight excluding hydrogens is 174 g/mol. The molecule has 0 aliphatic rings. The van der Waals surface area contributed by atoms with Gasteiger partial charge in [-0.05, 0) is 13.3 Å². The van der Waals surface area contributed by atoms with Crippen LogP contribution in [-0.4, -0.2) is 11.2 Å². The van der Waals surface area contributed by atoms with Crippen molar-refractivity contribution < 1.29 is 5.11 Å². The first-order chi connectivity index (χ1) is 6.76. The molecule has 0 aliphatic heterocycles. The van der Waals surface area contributed by atoms with Gasteiger partial charge in [0.15, 0.2) is 0 Å². The van der Waals surface area contributed by atoms with Gasteiger partial charge in [0.05, 0.1) is 17.7 Å². The van der Waals surface area contributed by atoms with E-state index >= 15 is 0 Å². The predicted molar refractivity (Wildman–Crippen MR) is 58.8 cm³/mol. The van der Waals surface area contributed by atoms with Crippen molar-refractivity contribution in [2.45, 2.75) is 58.5 Å². The van der Waals surface area contributed by atoms with Crippen molar-refractivity contribution in [1.82, 2.24) is 0 Å². The van der Waals surface area contributed by atoms with Crippen molar-refractivity contribution in [2.75, 3.05) is 0 Å². The number of nitriles is 1. The van der Waals surface area contributed by atoms with Crippen LogP contribution in [0.15, 0.2) is 11.6 Å². The maximum Gasteiger partial charge on any atom is 0.0971 e. The average Bonchev–Trinajstić information content (AvgIpc) is 2.19. The van der Waals surface area contributed by atoms with E-state index in [-0.39, 0.29) is 0 Å². The summed E-state index contributed by atoms with van der Waals surface area (Å²) in [6.07, 6.45) is 7.78. The van der Waals surface area contributed by atoms with Gasteiger partial charge in [-0.2, -0.15) is 5.26 Å². The SMILES string of the molecule is C/C=C(\C#N)C(O)CCCCCCC. The first-order valence-electron chi connectivity index (χ1n) is 5.50. The molecule has 80 valence electrons. The third-order valence-corrected chi connectivity index (χ3v) is 2.38. The van der Waals surface area contributed by atoms with Gasteiger partial charge in [0, 0.05) is 0 Å². The van der Waals surface area contributed by atoms with Crippen LogP contribution in [0.2, 0.25) is 0 Å². The maximum absolute atomic E-state index is 9.57. The molecule has 0 rings (SSSR count). The van der Waals surface area contributed by atoms with Crippen LogP contribution in [0.1, 0.15) is 52.4 Å². The van der Waals surface area contributed by atoms with Gasteiger partial charge in [-0.15, -0.1) is 0 Å². The Balaban J connectivity index is 3.54. The Bertz CT molecular complexity index is 203. The van der Waals surface area contributed by atoms with Crippen molar-refractivity contribution in [3.8, 4) is 6.07 Å². The van der Waals surface area contributed by atoms with Crippen LogP contribution < -0.4 is 0 Å². The van der Waals surface area contributed by atoms with Crippen molar-refractivity contribution >= 4 is 0 Å². The van der Waals surface area contributed by atoms with Gasteiger partial charge in [0.25, 0.3) is 0 Å². The van der Waals surface area contributed by atoms with E-state index in [9.17, 15) is 5.11 Å². The smallest absolute Gasteiger partial charge is 0.0971 e. The number of hydrogen-bond donors (Lipinski definition) is 1. The third-order valence-electron chi connectivity index (χ3n) is 2.38. The first-order valence-corrected chi connectivity index (χ1v) is 5.50. The summed E-state index contributed by atoms with van der Waals surface area (Å²) < 4.78 is 0. The minimum absolute atomic E-state index is 0.500. The zero-order valence-electron chi connectivity index (χ0n) is 9.29. The van der Waals surface area contributed by atoms with Gasteiger partial charge >= 0.3 is 0 Å². The molecule has 0 amide bonds. The zero-order chi connectivity index (χ0) is 10.8. The Morgan fingerprint density at radius 3 is 2.50 bits per heavy atom. The fourth-order valence-electron chi connectivity index (χ4n) is 1.43. The topological polar surface area (TPSA) is 44.0 Å². The van der Waals surface area contributed by atoms with Crippen LogP contribution >= 0.6 is 0 Å². The van der Waals surface area contributed by atoms with Crippen LogP contribution in [0.5, 0.6) is 0 Å². The summed E-state index contributed by atoms with van der Waals surface area (Å²) in [7, 11) is 0. The minimum Gasteiger partial charge on any atom is -0.388 e. The molecule has 0 aromatic heterocycles. The molecule has 1 N–H and O–H groups in total. The molecule has 2 heteroatoms. The van der Waals surface area contributed by atoms with Crippen molar-refractivity contribution in [3.63, 3.8) is 0 Å². The third kappa shape index (κ3) is 5.77. The Hall–Kier alpha value is -0.810. The Morgan fingerprint density at radius 2 is 2.00 bits per heavy atom. The van der Waals surface area contributed by atoms with E-state index in [0.29, 0.717) is 5.57 Å². The molecule has 0 radical (unpaired) electrons. The molecule has 0 bridgehead atoms. The standard InChI is InChI=1S/C12H21NO/c1-3-5-6-7-8-9-12(14)11(4-2)10-13/h4,12,14H,3,5-9H2,1-2H3/b11-4+. The quantitative estimate of drug-likeness (QED) is 0.501. The molecule has 0 fully saturated rings. The number of nitrogens with zero attached hydrogens (tertiary/aromatic N) is 1. The first kappa shape index (κ1) is 13.2. The summed E-state index contributed by atoms with van der Waals surface area (Å²) in [4.78, 5) is 0.